The Balaban J connectivity index is 2.35. The molecule has 1 unspecified atom stereocenters. The molecule has 5 heteroatoms. The van der Waals surface area contributed by atoms with Gasteiger partial charge in [-0.2, -0.15) is 13.2 Å². The molecule has 1 nitrogen and oxygen atoms in total. The molecule has 0 spiro atoms. The van der Waals surface area contributed by atoms with Gasteiger partial charge in [0.2, 0.25) is 0 Å². The van der Waals surface area contributed by atoms with E-state index in [-0.39, 0.29) is 16.8 Å². The van der Waals surface area contributed by atoms with E-state index in [1.807, 2.05) is 37.3 Å². The summed E-state index contributed by atoms with van der Waals surface area (Å²) in [5, 5.41) is 3.08. The number of hydrogen-bond acceptors (Lipinski definition) is 1. The predicted octanol–water partition coefficient (Wildman–Crippen LogP) is 5.72. The molecule has 0 fully saturated rings. The van der Waals surface area contributed by atoms with Crippen LogP contribution < -0.4 is 5.32 Å². The molecule has 1 radical (unpaired) electrons. The molecule has 0 amide bonds. The Morgan fingerprint density at radius 2 is 1.90 bits per heavy atom. The molecular weight excluding hydrogens is 299 g/mol. The zero-order valence-electron chi connectivity index (χ0n) is 11.3. The van der Waals surface area contributed by atoms with Gasteiger partial charge in [-0.25, -0.2) is 0 Å². The van der Waals surface area contributed by atoms with Crippen molar-refractivity contribution in [1.29, 1.82) is 0 Å². The Hall–Kier alpha value is -1.68. The van der Waals surface area contributed by atoms with E-state index >= 15 is 0 Å². The van der Waals surface area contributed by atoms with Crippen molar-refractivity contribution < 1.29 is 13.2 Å². The lowest BCUT2D eigenvalue weighted by Crippen LogP contribution is -2.15. The van der Waals surface area contributed by atoms with Gasteiger partial charge in [-0.3, -0.25) is 0 Å². The van der Waals surface area contributed by atoms with E-state index in [9.17, 15) is 13.2 Å². The van der Waals surface area contributed by atoms with E-state index in [1.54, 1.807) is 0 Å². The molecule has 0 aromatic heterocycles. The molecule has 0 heterocycles. The van der Waals surface area contributed by atoms with Crippen LogP contribution in [0.2, 0.25) is 5.02 Å². The Morgan fingerprint density at radius 3 is 2.48 bits per heavy atom. The number of anilines is 1. The molecular formula is C16H14ClF3N. The number of rotatable bonds is 4. The van der Waals surface area contributed by atoms with Crippen LogP contribution in [0.3, 0.4) is 0 Å². The van der Waals surface area contributed by atoms with Gasteiger partial charge in [-0.1, -0.05) is 48.9 Å². The van der Waals surface area contributed by atoms with Crippen LogP contribution in [0.25, 0.3) is 0 Å². The smallest absolute Gasteiger partial charge is 0.378 e. The van der Waals surface area contributed by atoms with Gasteiger partial charge in [-0.15, -0.1) is 0 Å². The van der Waals surface area contributed by atoms with Crippen molar-refractivity contribution in [2.75, 3.05) is 5.32 Å². The average Bonchev–Trinajstić information content (AvgIpc) is 2.44. The first kappa shape index (κ1) is 15.7. The Labute approximate surface area is 126 Å². The van der Waals surface area contributed by atoms with Gasteiger partial charge < -0.3 is 5.32 Å². The lowest BCUT2D eigenvalue weighted by Gasteiger charge is -2.22. The van der Waals surface area contributed by atoms with Crippen molar-refractivity contribution in [3.63, 3.8) is 0 Å². The quantitative estimate of drug-likeness (QED) is 0.761. The summed E-state index contributed by atoms with van der Waals surface area (Å²) in [6.45, 7) is 1.91. The fraction of sp³-hybridized carbons (Fsp3) is 0.250. The molecule has 0 bridgehead atoms. The molecule has 0 aliphatic heterocycles. The zero-order valence-corrected chi connectivity index (χ0v) is 12.1. The number of halogens is 4. The van der Waals surface area contributed by atoms with Crippen molar-refractivity contribution in [3.8, 4) is 0 Å². The van der Waals surface area contributed by atoms with E-state index in [2.05, 4.69) is 11.4 Å². The number of nitrogens with one attached hydrogen (secondary N) is 1. The lowest BCUT2D eigenvalue weighted by atomic mass is 10.0. The normalized spacial score (nSPS) is 13.0. The summed E-state index contributed by atoms with van der Waals surface area (Å²) >= 11 is 5.78. The van der Waals surface area contributed by atoms with Crippen LogP contribution >= 0.6 is 11.6 Å². The average molecular weight is 313 g/mol. The van der Waals surface area contributed by atoms with Crippen molar-refractivity contribution in [2.45, 2.75) is 25.6 Å². The monoisotopic (exact) mass is 312 g/mol. The SMILES string of the molecule is CCC(Nc1cc(Cl)[c]cc1C(F)(F)F)c1ccccc1. The summed E-state index contributed by atoms with van der Waals surface area (Å²) in [6.07, 6.45) is -3.80. The first-order valence-electron chi connectivity index (χ1n) is 6.51. The number of alkyl halides is 3. The highest BCUT2D eigenvalue weighted by molar-refractivity contribution is 6.30. The Bertz CT molecular complexity index is 596. The first-order chi connectivity index (χ1) is 9.91. The Morgan fingerprint density at radius 1 is 1.24 bits per heavy atom. The Kier molecular flexibility index (Phi) is 4.78. The third kappa shape index (κ3) is 3.91. The van der Waals surface area contributed by atoms with E-state index in [0.717, 1.165) is 11.6 Å². The van der Waals surface area contributed by atoms with Crippen LogP contribution in [-0.2, 0) is 6.18 Å². The third-order valence-electron chi connectivity index (χ3n) is 3.16. The topological polar surface area (TPSA) is 12.0 Å². The summed E-state index contributed by atoms with van der Waals surface area (Å²) < 4.78 is 39.1. The van der Waals surface area contributed by atoms with Crippen LogP contribution in [0.5, 0.6) is 0 Å². The second-order valence-corrected chi connectivity index (χ2v) is 5.03. The van der Waals surface area contributed by atoms with Crippen molar-refractivity contribution in [2.24, 2.45) is 0 Å². The summed E-state index contributed by atoms with van der Waals surface area (Å²) in [5.41, 5.74) is 0.139. The maximum atomic E-state index is 13.0. The van der Waals surface area contributed by atoms with E-state index in [1.165, 1.54) is 6.07 Å². The molecule has 0 saturated heterocycles. The second-order valence-electron chi connectivity index (χ2n) is 4.62. The molecule has 111 valence electrons. The largest absolute Gasteiger partial charge is 0.418 e. The minimum atomic E-state index is -4.45. The highest BCUT2D eigenvalue weighted by Gasteiger charge is 2.34. The molecule has 0 aliphatic carbocycles. The fourth-order valence-electron chi connectivity index (χ4n) is 2.11. The van der Waals surface area contributed by atoms with Gasteiger partial charge in [0.25, 0.3) is 0 Å². The summed E-state index contributed by atoms with van der Waals surface area (Å²) in [4.78, 5) is 0. The number of benzene rings is 2. The molecule has 2 aromatic rings. The first-order valence-corrected chi connectivity index (χ1v) is 6.89. The highest BCUT2D eigenvalue weighted by atomic mass is 35.5. The second kappa shape index (κ2) is 6.39. The van der Waals surface area contributed by atoms with Crippen LogP contribution in [0.4, 0.5) is 18.9 Å². The third-order valence-corrected chi connectivity index (χ3v) is 3.38. The standard InChI is InChI=1S/C16H14ClF3N/c1-2-14(11-6-4-3-5-7-11)21-15-10-12(17)8-9-13(15)16(18,19)20/h3-7,9-10,14,21H,2H2,1H3. The molecule has 2 rings (SSSR count). The molecule has 1 N–H and O–H groups in total. The lowest BCUT2D eigenvalue weighted by molar-refractivity contribution is -0.137. The van der Waals surface area contributed by atoms with E-state index < -0.39 is 11.7 Å². The fourth-order valence-corrected chi connectivity index (χ4v) is 2.28. The van der Waals surface area contributed by atoms with Gasteiger partial charge >= 0.3 is 6.18 Å². The van der Waals surface area contributed by atoms with Crippen LogP contribution in [0, 0.1) is 6.07 Å². The maximum absolute atomic E-state index is 13.0. The van der Waals surface area contributed by atoms with Gasteiger partial charge in [0, 0.05) is 11.8 Å². The van der Waals surface area contributed by atoms with Gasteiger partial charge in [-0.05, 0) is 24.1 Å². The maximum Gasteiger partial charge on any atom is 0.418 e. The van der Waals surface area contributed by atoms with E-state index in [4.69, 9.17) is 11.6 Å². The van der Waals surface area contributed by atoms with Gasteiger partial charge in [0.15, 0.2) is 0 Å². The summed E-state index contributed by atoms with van der Waals surface area (Å²) in [5.74, 6) is 0. The molecule has 1 atom stereocenters. The van der Waals surface area contributed by atoms with Gasteiger partial charge in [0.05, 0.1) is 16.6 Å². The molecule has 21 heavy (non-hydrogen) atoms. The minimum absolute atomic E-state index is 0.0260. The summed E-state index contributed by atoms with van der Waals surface area (Å²) in [7, 11) is 0. The van der Waals surface area contributed by atoms with Crippen molar-refractivity contribution in [1.82, 2.24) is 0 Å². The van der Waals surface area contributed by atoms with Crippen molar-refractivity contribution >= 4 is 17.3 Å². The van der Waals surface area contributed by atoms with Crippen molar-refractivity contribution in [3.05, 3.63) is 64.7 Å². The van der Waals surface area contributed by atoms with E-state index in [0.29, 0.717) is 6.42 Å². The molecule has 0 saturated carbocycles. The number of hydrogen-bond donors (Lipinski definition) is 1. The highest BCUT2D eigenvalue weighted by Crippen LogP contribution is 2.37. The molecule has 0 aliphatic rings. The van der Waals surface area contributed by atoms with Gasteiger partial charge in [0.1, 0.15) is 0 Å². The minimum Gasteiger partial charge on any atom is -0.378 e. The molecule has 2 aromatic carbocycles. The summed E-state index contributed by atoms with van der Waals surface area (Å²) in [6, 6.07) is 13.6. The predicted molar refractivity (Wildman–Crippen MR) is 78.4 cm³/mol. The van der Waals surface area contributed by atoms with Crippen LogP contribution in [-0.4, -0.2) is 0 Å². The van der Waals surface area contributed by atoms with Crippen LogP contribution in [0.15, 0.2) is 42.5 Å². The zero-order chi connectivity index (χ0) is 15.5. The van der Waals surface area contributed by atoms with Crippen LogP contribution in [0.1, 0.15) is 30.5 Å².